The molecule has 0 unspecified atom stereocenters. The van der Waals surface area contributed by atoms with Gasteiger partial charge in [0, 0.05) is 17.5 Å². The number of rotatable bonds is 6. The van der Waals surface area contributed by atoms with Crippen molar-refractivity contribution in [3.05, 3.63) is 33.3 Å². The van der Waals surface area contributed by atoms with Crippen molar-refractivity contribution >= 4 is 40.5 Å². The summed E-state index contributed by atoms with van der Waals surface area (Å²) in [5, 5.41) is 13.5. The molecule has 0 radical (unpaired) electrons. The van der Waals surface area contributed by atoms with Crippen molar-refractivity contribution < 1.29 is 14.7 Å². The Kier molecular flexibility index (Phi) is 7.53. The molecule has 1 saturated carbocycles. The number of nitrogens with zero attached hydrogens (tertiary/aromatic N) is 1. The highest BCUT2D eigenvalue weighted by atomic mass is 35.5. The number of methoxy groups -OCH3 is 1. The van der Waals surface area contributed by atoms with E-state index in [-0.39, 0.29) is 17.0 Å². The predicted octanol–water partition coefficient (Wildman–Crippen LogP) is 5.81. The van der Waals surface area contributed by atoms with Crippen LogP contribution in [0.1, 0.15) is 37.7 Å². The van der Waals surface area contributed by atoms with E-state index in [9.17, 15) is 5.21 Å². The molecule has 1 N–H and O–H groups in total. The van der Waals surface area contributed by atoms with Gasteiger partial charge in [-0.15, -0.1) is 0 Å². The molecule has 0 bridgehead atoms. The summed E-state index contributed by atoms with van der Waals surface area (Å²) in [7, 11) is 1.54. The van der Waals surface area contributed by atoms with Gasteiger partial charge in [0.2, 0.25) is 0 Å². The van der Waals surface area contributed by atoms with Gasteiger partial charge in [-0.3, -0.25) is 0 Å². The van der Waals surface area contributed by atoms with E-state index in [1.54, 1.807) is 12.1 Å². The Morgan fingerprint density at radius 1 is 1.29 bits per heavy atom. The number of benzene rings is 1. The normalized spacial score (nSPS) is 15.9. The molecule has 0 aromatic heterocycles. The third-order valence-corrected chi connectivity index (χ3v) is 4.67. The third-order valence-electron chi connectivity index (χ3n) is 4.08. The fourth-order valence-electron chi connectivity index (χ4n) is 2.98. The lowest BCUT2D eigenvalue weighted by molar-refractivity contribution is 0.309. The molecule has 132 valence electrons. The number of hydrogen-bond acceptors (Lipinski definition) is 4. The summed E-state index contributed by atoms with van der Waals surface area (Å²) < 4.78 is 11.1. The van der Waals surface area contributed by atoms with Crippen molar-refractivity contribution in [3.63, 3.8) is 0 Å². The molecule has 1 aliphatic carbocycles. The van der Waals surface area contributed by atoms with E-state index in [1.165, 1.54) is 19.6 Å². The first-order valence-electron chi connectivity index (χ1n) is 7.80. The largest absolute Gasteiger partial charge is 0.494 e. The molecule has 0 spiro atoms. The van der Waals surface area contributed by atoms with Crippen LogP contribution in [0.15, 0.2) is 27.9 Å². The molecule has 4 nitrogen and oxygen atoms in total. The summed E-state index contributed by atoms with van der Waals surface area (Å²) in [4.78, 5) is 0. The zero-order valence-corrected chi connectivity index (χ0v) is 15.7. The molecule has 1 aromatic carbocycles. The molecule has 0 amide bonds. The molecule has 1 fully saturated rings. The van der Waals surface area contributed by atoms with Crippen molar-refractivity contribution in [2.24, 2.45) is 11.1 Å². The standard InChI is InChI=1S/C17H20Cl3NO3/c1-23-17-13(16(21-22)11-5-3-2-4-6-11)9-12(10-14(17)18)24-8-7-15(19)20/h7,9-11,22H,2-6,8H2,1H3/b21-16+. The number of oxime groups is 1. The summed E-state index contributed by atoms with van der Waals surface area (Å²) in [6.45, 7) is 0.208. The second-order valence-corrected chi connectivity index (χ2v) is 7.03. The minimum absolute atomic E-state index is 0.134. The molecular weight excluding hydrogens is 373 g/mol. The smallest absolute Gasteiger partial charge is 0.146 e. The van der Waals surface area contributed by atoms with Gasteiger partial charge in [0.25, 0.3) is 0 Å². The lowest BCUT2D eigenvalue weighted by atomic mass is 9.83. The average Bonchev–Trinajstić information content (AvgIpc) is 2.56. The summed E-state index contributed by atoms with van der Waals surface area (Å²) in [6.07, 6.45) is 6.94. The van der Waals surface area contributed by atoms with Gasteiger partial charge in [-0.2, -0.15) is 0 Å². The molecule has 0 atom stereocenters. The molecule has 0 saturated heterocycles. The van der Waals surface area contributed by atoms with E-state index < -0.39 is 0 Å². The maximum absolute atomic E-state index is 9.59. The topological polar surface area (TPSA) is 51.0 Å². The van der Waals surface area contributed by atoms with E-state index in [0.29, 0.717) is 27.8 Å². The monoisotopic (exact) mass is 391 g/mol. The van der Waals surface area contributed by atoms with E-state index in [2.05, 4.69) is 5.16 Å². The Morgan fingerprint density at radius 3 is 2.58 bits per heavy atom. The quantitative estimate of drug-likeness (QED) is 0.378. The maximum atomic E-state index is 9.59. The first-order chi connectivity index (χ1) is 11.6. The summed E-state index contributed by atoms with van der Waals surface area (Å²) in [5.74, 6) is 1.19. The zero-order chi connectivity index (χ0) is 17.5. The Hall–Kier alpha value is -1.10. The van der Waals surface area contributed by atoms with Crippen LogP contribution >= 0.6 is 34.8 Å². The number of halogens is 3. The second kappa shape index (κ2) is 9.40. The molecule has 2 rings (SSSR count). The van der Waals surface area contributed by atoms with Crippen LogP contribution < -0.4 is 9.47 Å². The number of hydrogen-bond donors (Lipinski definition) is 1. The SMILES string of the molecule is COc1c(Cl)cc(OCC=C(Cl)Cl)cc1/C(=N/O)C1CCCCC1. The van der Waals surface area contributed by atoms with Crippen LogP contribution in [-0.4, -0.2) is 24.6 Å². The van der Waals surface area contributed by atoms with Gasteiger partial charge < -0.3 is 14.7 Å². The molecule has 0 aliphatic heterocycles. The predicted molar refractivity (Wildman–Crippen MR) is 98.2 cm³/mol. The van der Waals surface area contributed by atoms with Crippen LogP contribution in [-0.2, 0) is 0 Å². The molecule has 0 heterocycles. The lowest BCUT2D eigenvalue weighted by Crippen LogP contribution is -2.20. The van der Waals surface area contributed by atoms with E-state index in [4.69, 9.17) is 44.3 Å². The van der Waals surface area contributed by atoms with Crippen LogP contribution in [0, 0.1) is 5.92 Å². The van der Waals surface area contributed by atoms with E-state index in [1.807, 2.05) is 0 Å². The Morgan fingerprint density at radius 2 is 2.00 bits per heavy atom. The molecular formula is C17H20Cl3NO3. The van der Waals surface area contributed by atoms with E-state index in [0.717, 1.165) is 25.7 Å². The molecule has 1 aliphatic rings. The maximum Gasteiger partial charge on any atom is 0.146 e. The van der Waals surface area contributed by atoms with Crippen LogP contribution in [0.25, 0.3) is 0 Å². The highest BCUT2D eigenvalue weighted by Crippen LogP contribution is 2.37. The van der Waals surface area contributed by atoms with Crippen molar-refractivity contribution in [1.29, 1.82) is 0 Å². The van der Waals surface area contributed by atoms with Gasteiger partial charge in [0.05, 0.1) is 17.8 Å². The molecule has 1 aromatic rings. The van der Waals surface area contributed by atoms with Crippen LogP contribution in [0.4, 0.5) is 0 Å². The van der Waals surface area contributed by atoms with Crippen LogP contribution in [0.2, 0.25) is 5.02 Å². The second-order valence-electron chi connectivity index (χ2n) is 5.61. The molecule has 7 heteroatoms. The summed E-state index contributed by atoms with van der Waals surface area (Å²) in [5.41, 5.74) is 1.24. The minimum Gasteiger partial charge on any atom is -0.494 e. The average molecular weight is 393 g/mol. The highest BCUT2D eigenvalue weighted by Gasteiger charge is 2.25. The van der Waals surface area contributed by atoms with Crippen molar-refractivity contribution in [1.82, 2.24) is 0 Å². The van der Waals surface area contributed by atoms with E-state index >= 15 is 0 Å². The summed E-state index contributed by atoms with van der Waals surface area (Å²) >= 11 is 17.5. The fraction of sp³-hybridized carbons (Fsp3) is 0.471. The summed E-state index contributed by atoms with van der Waals surface area (Å²) in [6, 6.07) is 3.42. The van der Waals surface area contributed by atoms with Crippen molar-refractivity contribution in [3.8, 4) is 11.5 Å². The first kappa shape index (κ1) is 19.2. The van der Waals surface area contributed by atoms with Crippen LogP contribution in [0.3, 0.4) is 0 Å². The van der Waals surface area contributed by atoms with Crippen molar-refractivity contribution in [2.75, 3.05) is 13.7 Å². The molecule has 24 heavy (non-hydrogen) atoms. The third kappa shape index (κ3) is 4.95. The van der Waals surface area contributed by atoms with Gasteiger partial charge in [-0.05, 0) is 25.0 Å². The Bertz CT molecular complexity index is 622. The van der Waals surface area contributed by atoms with Gasteiger partial charge in [0.1, 0.15) is 22.6 Å². The first-order valence-corrected chi connectivity index (χ1v) is 8.94. The van der Waals surface area contributed by atoms with Crippen LogP contribution in [0.5, 0.6) is 11.5 Å². The zero-order valence-electron chi connectivity index (χ0n) is 13.4. The Labute approximate surface area is 157 Å². The van der Waals surface area contributed by atoms with Gasteiger partial charge in [0.15, 0.2) is 0 Å². The minimum atomic E-state index is 0.134. The van der Waals surface area contributed by atoms with Crippen molar-refractivity contribution in [2.45, 2.75) is 32.1 Å². The highest BCUT2D eigenvalue weighted by molar-refractivity contribution is 6.55. The van der Waals surface area contributed by atoms with Gasteiger partial charge in [-0.1, -0.05) is 59.2 Å². The Balaban J connectivity index is 2.34. The number of ether oxygens (including phenoxy) is 2. The fourth-order valence-corrected chi connectivity index (χ4v) is 3.39. The van der Waals surface area contributed by atoms with Gasteiger partial charge >= 0.3 is 0 Å². The lowest BCUT2D eigenvalue weighted by Gasteiger charge is -2.24. The van der Waals surface area contributed by atoms with Gasteiger partial charge in [-0.25, -0.2) is 0 Å².